The fraction of sp³-hybridized carbons (Fsp3) is 0.455. The molecule has 4 heteroatoms. The highest BCUT2D eigenvalue weighted by Crippen LogP contribution is 2.44. The van der Waals surface area contributed by atoms with Gasteiger partial charge in [0.05, 0.1) is 6.54 Å². The maximum absolute atomic E-state index is 13.4. The second kappa shape index (κ2) is 4.45. The van der Waals surface area contributed by atoms with E-state index < -0.39 is 12.5 Å². The Morgan fingerprint density at radius 2 is 1.87 bits per heavy atom. The molecule has 0 atom stereocenters. The minimum absolute atomic E-state index is 0. The zero-order valence-corrected chi connectivity index (χ0v) is 9.07. The first kappa shape index (κ1) is 12.4. The standard InChI is InChI=1S/C11H13F2N.ClH/c12-11(13,7-14)10-4-2-1-3-9(10)8-5-6-8;/h1-4,8H,5-7,14H2;1H. The van der Waals surface area contributed by atoms with Crippen molar-refractivity contribution >= 4 is 12.4 Å². The van der Waals surface area contributed by atoms with Crippen LogP contribution in [-0.4, -0.2) is 6.54 Å². The van der Waals surface area contributed by atoms with Crippen LogP contribution in [0.25, 0.3) is 0 Å². The second-order valence-corrected chi connectivity index (χ2v) is 3.77. The molecule has 2 rings (SSSR count). The van der Waals surface area contributed by atoms with E-state index >= 15 is 0 Å². The van der Waals surface area contributed by atoms with E-state index in [9.17, 15) is 8.78 Å². The molecule has 0 saturated heterocycles. The number of benzene rings is 1. The average molecular weight is 234 g/mol. The van der Waals surface area contributed by atoms with Gasteiger partial charge < -0.3 is 5.73 Å². The molecule has 0 bridgehead atoms. The summed E-state index contributed by atoms with van der Waals surface area (Å²) in [4.78, 5) is 0. The summed E-state index contributed by atoms with van der Waals surface area (Å²) in [5.41, 5.74) is 5.97. The van der Waals surface area contributed by atoms with E-state index in [1.165, 1.54) is 6.07 Å². The number of rotatable bonds is 3. The molecule has 1 aromatic carbocycles. The maximum Gasteiger partial charge on any atom is 0.285 e. The van der Waals surface area contributed by atoms with E-state index in [0.29, 0.717) is 5.92 Å². The molecule has 1 aliphatic carbocycles. The molecule has 0 radical (unpaired) electrons. The molecule has 0 heterocycles. The van der Waals surface area contributed by atoms with Crippen LogP contribution in [0.2, 0.25) is 0 Å². The third kappa shape index (κ3) is 2.47. The number of alkyl halides is 2. The molecule has 2 N–H and O–H groups in total. The minimum Gasteiger partial charge on any atom is -0.325 e. The van der Waals surface area contributed by atoms with Crippen molar-refractivity contribution in [3.63, 3.8) is 0 Å². The van der Waals surface area contributed by atoms with Crippen LogP contribution in [0.15, 0.2) is 24.3 Å². The first-order valence-electron chi connectivity index (χ1n) is 4.82. The molecule has 1 fully saturated rings. The van der Waals surface area contributed by atoms with Gasteiger partial charge in [0.2, 0.25) is 0 Å². The van der Waals surface area contributed by atoms with E-state index in [0.717, 1.165) is 18.4 Å². The van der Waals surface area contributed by atoms with Crippen LogP contribution < -0.4 is 5.73 Å². The monoisotopic (exact) mass is 233 g/mol. The lowest BCUT2D eigenvalue weighted by molar-refractivity contribution is 0.00504. The molecule has 1 saturated carbocycles. The summed E-state index contributed by atoms with van der Waals surface area (Å²) < 4.78 is 26.8. The van der Waals surface area contributed by atoms with Crippen molar-refractivity contribution in [2.24, 2.45) is 5.73 Å². The van der Waals surface area contributed by atoms with Gasteiger partial charge in [-0.15, -0.1) is 12.4 Å². The van der Waals surface area contributed by atoms with Gasteiger partial charge in [0, 0.05) is 5.56 Å². The largest absolute Gasteiger partial charge is 0.325 e. The lowest BCUT2D eigenvalue weighted by Gasteiger charge is -2.17. The van der Waals surface area contributed by atoms with E-state index in [1.54, 1.807) is 12.1 Å². The van der Waals surface area contributed by atoms with Crippen molar-refractivity contribution in [2.75, 3.05) is 6.54 Å². The first-order valence-corrected chi connectivity index (χ1v) is 4.82. The van der Waals surface area contributed by atoms with Gasteiger partial charge >= 0.3 is 0 Å². The molecule has 15 heavy (non-hydrogen) atoms. The molecule has 0 spiro atoms. The molecule has 1 nitrogen and oxygen atoms in total. The Balaban J connectivity index is 0.00000112. The van der Waals surface area contributed by atoms with Crippen molar-refractivity contribution in [2.45, 2.75) is 24.7 Å². The Morgan fingerprint density at radius 3 is 2.40 bits per heavy atom. The van der Waals surface area contributed by atoms with Crippen LogP contribution in [0.5, 0.6) is 0 Å². The Kier molecular flexibility index (Phi) is 3.68. The lowest BCUT2D eigenvalue weighted by Crippen LogP contribution is -2.26. The molecular weight excluding hydrogens is 220 g/mol. The van der Waals surface area contributed by atoms with Crippen molar-refractivity contribution in [1.29, 1.82) is 0 Å². The molecule has 84 valence electrons. The summed E-state index contributed by atoms with van der Waals surface area (Å²) in [5, 5.41) is 0. The lowest BCUT2D eigenvalue weighted by atomic mass is 9.98. The van der Waals surface area contributed by atoms with Gasteiger partial charge in [-0.1, -0.05) is 24.3 Å². The number of hydrogen-bond acceptors (Lipinski definition) is 1. The van der Waals surface area contributed by atoms with Crippen molar-refractivity contribution < 1.29 is 8.78 Å². The second-order valence-electron chi connectivity index (χ2n) is 3.77. The molecule has 0 aliphatic heterocycles. The number of hydrogen-bond donors (Lipinski definition) is 1. The third-order valence-corrected chi connectivity index (χ3v) is 2.63. The maximum atomic E-state index is 13.4. The highest BCUT2D eigenvalue weighted by atomic mass is 35.5. The van der Waals surface area contributed by atoms with Gasteiger partial charge in [0.1, 0.15) is 0 Å². The first-order chi connectivity index (χ1) is 6.65. The Morgan fingerprint density at radius 1 is 1.27 bits per heavy atom. The van der Waals surface area contributed by atoms with Crippen LogP contribution in [0.4, 0.5) is 8.78 Å². The summed E-state index contributed by atoms with van der Waals surface area (Å²) in [5.74, 6) is -2.54. The zero-order valence-electron chi connectivity index (χ0n) is 8.25. The summed E-state index contributed by atoms with van der Waals surface area (Å²) >= 11 is 0. The van der Waals surface area contributed by atoms with Gasteiger partial charge in [-0.3, -0.25) is 0 Å². The average Bonchev–Trinajstić information content (AvgIpc) is 3.01. The zero-order chi connectivity index (χ0) is 10.2. The normalized spacial score (nSPS) is 15.9. The molecule has 0 unspecified atom stereocenters. The van der Waals surface area contributed by atoms with Crippen molar-refractivity contribution in [3.05, 3.63) is 35.4 Å². The minimum atomic E-state index is -2.88. The summed E-state index contributed by atoms with van der Waals surface area (Å²) in [6.07, 6.45) is 2.05. The highest BCUT2D eigenvalue weighted by Gasteiger charge is 2.36. The van der Waals surface area contributed by atoms with E-state index in [2.05, 4.69) is 0 Å². The number of halogens is 3. The SMILES string of the molecule is Cl.NCC(F)(F)c1ccccc1C1CC1. The van der Waals surface area contributed by atoms with Gasteiger partial charge in [-0.25, -0.2) is 0 Å². The van der Waals surface area contributed by atoms with Crippen LogP contribution >= 0.6 is 12.4 Å². The molecule has 0 aromatic heterocycles. The topological polar surface area (TPSA) is 26.0 Å². The van der Waals surface area contributed by atoms with E-state index in [-0.39, 0.29) is 18.0 Å². The summed E-state index contributed by atoms with van der Waals surface area (Å²) in [6.45, 7) is -0.614. The van der Waals surface area contributed by atoms with Gasteiger partial charge in [-0.2, -0.15) is 8.78 Å². The van der Waals surface area contributed by atoms with Gasteiger partial charge in [0.25, 0.3) is 5.92 Å². The molecular formula is C11H14ClF2N. The Labute approximate surface area is 94.1 Å². The van der Waals surface area contributed by atoms with Crippen LogP contribution in [-0.2, 0) is 5.92 Å². The predicted molar refractivity (Wildman–Crippen MR) is 58.6 cm³/mol. The van der Waals surface area contributed by atoms with Gasteiger partial charge in [0.15, 0.2) is 0 Å². The summed E-state index contributed by atoms with van der Waals surface area (Å²) in [6, 6.07) is 6.73. The van der Waals surface area contributed by atoms with Crippen LogP contribution in [0.1, 0.15) is 29.9 Å². The van der Waals surface area contributed by atoms with Gasteiger partial charge in [-0.05, 0) is 24.3 Å². The molecule has 1 aromatic rings. The van der Waals surface area contributed by atoms with E-state index in [1.807, 2.05) is 6.07 Å². The summed E-state index contributed by atoms with van der Waals surface area (Å²) in [7, 11) is 0. The third-order valence-electron chi connectivity index (χ3n) is 2.63. The Bertz CT molecular complexity index is 337. The Hall–Kier alpha value is -0.670. The van der Waals surface area contributed by atoms with Crippen molar-refractivity contribution in [3.8, 4) is 0 Å². The fourth-order valence-electron chi connectivity index (χ4n) is 1.69. The van der Waals surface area contributed by atoms with Crippen molar-refractivity contribution in [1.82, 2.24) is 0 Å². The number of nitrogens with two attached hydrogens (primary N) is 1. The smallest absolute Gasteiger partial charge is 0.285 e. The van der Waals surface area contributed by atoms with Crippen LogP contribution in [0, 0.1) is 0 Å². The molecule has 0 amide bonds. The quantitative estimate of drug-likeness (QED) is 0.853. The molecule has 1 aliphatic rings. The highest BCUT2D eigenvalue weighted by molar-refractivity contribution is 5.85. The fourth-order valence-corrected chi connectivity index (χ4v) is 1.69. The van der Waals surface area contributed by atoms with Crippen LogP contribution in [0.3, 0.4) is 0 Å². The predicted octanol–water partition coefficient (Wildman–Crippen LogP) is 3.04. The van der Waals surface area contributed by atoms with E-state index in [4.69, 9.17) is 5.73 Å².